The third-order valence-electron chi connectivity index (χ3n) is 3.75. The molecule has 0 saturated heterocycles. The second-order valence-corrected chi connectivity index (χ2v) is 5.69. The van der Waals surface area contributed by atoms with Crippen molar-refractivity contribution in [2.45, 2.75) is 71.1 Å². The molecule has 0 heterocycles. The van der Waals surface area contributed by atoms with Crippen LogP contribution in [0.25, 0.3) is 0 Å². The summed E-state index contributed by atoms with van der Waals surface area (Å²) in [5.74, 6) is 0.599. The molecule has 1 fully saturated rings. The van der Waals surface area contributed by atoms with E-state index in [9.17, 15) is 5.11 Å². The van der Waals surface area contributed by atoms with Crippen molar-refractivity contribution in [1.82, 2.24) is 5.32 Å². The van der Waals surface area contributed by atoms with Crippen LogP contribution < -0.4 is 5.32 Å². The molecular formula is C14H29NO2. The van der Waals surface area contributed by atoms with Gasteiger partial charge < -0.3 is 15.2 Å². The van der Waals surface area contributed by atoms with Crippen molar-refractivity contribution < 1.29 is 9.84 Å². The Balaban J connectivity index is 2.05. The molecule has 0 amide bonds. The van der Waals surface area contributed by atoms with E-state index >= 15 is 0 Å². The highest BCUT2D eigenvalue weighted by atomic mass is 16.5. The molecule has 2 atom stereocenters. The zero-order valence-electron chi connectivity index (χ0n) is 11.6. The third kappa shape index (κ3) is 6.39. The molecule has 3 heteroatoms. The molecule has 0 aromatic carbocycles. The van der Waals surface area contributed by atoms with Crippen molar-refractivity contribution in [2.75, 3.05) is 13.2 Å². The van der Waals surface area contributed by atoms with Crippen molar-refractivity contribution >= 4 is 0 Å². The lowest BCUT2D eigenvalue weighted by Gasteiger charge is -2.24. The summed E-state index contributed by atoms with van der Waals surface area (Å²) < 4.78 is 5.75. The molecule has 1 aliphatic rings. The molecule has 3 nitrogen and oxygen atoms in total. The summed E-state index contributed by atoms with van der Waals surface area (Å²) in [5.41, 5.74) is 0. The summed E-state index contributed by atoms with van der Waals surface area (Å²) in [7, 11) is 0. The first-order valence-corrected chi connectivity index (χ1v) is 7.12. The summed E-state index contributed by atoms with van der Waals surface area (Å²) in [4.78, 5) is 0. The Kier molecular flexibility index (Phi) is 7.09. The number of rotatable bonds is 7. The minimum absolute atomic E-state index is 0.377. The van der Waals surface area contributed by atoms with E-state index in [1.165, 1.54) is 32.1 Å². The van der Waals surface area contributed by atoms with Crippen LogP contribution in [0.4, 0.5) is 0 Å². The van der Waals surface area contributed by atoms with Gasteiger partial charge in [-0.1, -0.05) is 33.1 Å². The van der Waals surface area contributed by atoms with Crippen LogP contribution in [-0.2, 0) is 4.74 Å². The molecule has 17 heavy (non-hydrogen) atoms. The lowest BCUT2D eigenvalue weighted by molar-refractivity contribution is -0.0237. The average Bonchev–Trinajstić information content (AvgIpc) is 2.34. The maximum absolute atomic E-state index is 9.82. The molecule has 0 aromatic heterocycles. The Morgan fingerprint density at radius 3 is 2.41 bits per heavy atom. The van der Waals surface area contributed by atoms with Gasteiger partial charge in [0.25, 0.3) is 0 Å². The number of hydrogen-bond acceptors (Lipinski definition) is 3. The van der Waals surface area contributed by atoms with E-state index in [4.69, 9.17) is 4.74 Å². The summed E-state index contributed by atoms with van der Waals surface area (Å²) in [6.07, 6.45) is 6.26. The summed E-state index contributed by atoms with van der Waals surface area (Å²) in [5, 5.41) is 13.2. The standard InChI is InChI=1S/C14H29NO2/c1-11(2)12(3)15-9-13(16)10-17-14-7-5-4-6-8-14/h11-16H,4-10H2,1-3H3. The van der Waals surface area contributed by atoms with Gasteiger partial charge in [0.05, 0.1) is 18.8 Å². The highest BCUT2D eigenvalue weighted by Crippen LogP contribution is 2.20. The summed E-state index contributed by atoms with van der Waals surface area (Å²) >= 11 is 0. The first-order chi connectivity index (χ1) is 8.09. The first kappa shape index (κ1) is 14.9. The fourth-order valence-electron chi connectivity index (χ4n) is 2.10. The van der Waals surface area contributed by atoms with E-state index in [1.54, 1.807) is 0 Å². The van der Waals surface area contributed by atoms with Gasteiger partial charge >= 0.3 is 0 Å². The van der Waals surface area contributed by atoms with Gasteiger partial charge in [0.2, 0.25) is 0 Å². The van der Waals surface area contributed by atoms with Crippen LogP contribution in [0, 0.1) is 5.92 Å². The van der Waals surface area contributed by atoms with Gasteiger partial charge in [-0.3, -0.25) is 0 Å². The zero-order chi connectivity index (χ0) is 12.7. The minimum Gasteiger partial charge on any atom is -0.389 e. The number of aliphatic hydroxyl groups excluding tert-OH is 1. The van der Waals surface area contributed by atoms with Gasteiger partial charge in [0.15, 0.2) is 0 Å². The lowest BCUT2D eigenvalue weighted by Crippen LogP contribution is -2.39. The molecule has 1 saturated carbocycles. The highest BCUT2D eigenvalue weighted by molar-refractivity contribution is 4.69. The molecule has 0 spiro atoms. The lowest BCUT2D eigenvalue weighted by atomic mass is 9.98. The third-order valence-corrected chi connectivity index (χ3v) is 3.75. The molecule has 102 valence electrons. The molecular weight excluding hydrogens is 214 g/mol. The van der Waals surface area contributed by atoms with Gasteiger partial charge in [0, 0.05) is 12.6 Å². The molecule has 0 radical (unpaired) electrons. The predicted octanol–water partition coefficient (Wildman–Crippen LogP) is 2.33. The van der Waals surface area contributed by atoms with Crippen LogP contribution in [0.15, 0.2) is 0 Å². The Hall–Kier alpha value is -0.120. The Bertz CT molecular complexity index is 191. The maximum Gasteiger partial charge on any atom is 0.0897 e. The van der Waals surface area contributed by atoms with Crippen molar-refractivity contribution in [3.63, 3.8) is 0 Å². The van der Waals surface area contributed by atoms with E-state index in [0.29, 0.717) is 31.2 Å². The largest absolute Gasteiger partial charge is 0.389 e. The van der Waals surface area contributed by atoms with Crippen LogP contribution in [0.3, 0.4) is 0 Å². The number of nitrogens with one attached hydrogen (secondary N) is 1. The van der Waals surface area contributed by atoms with Crippen molar-refractivity contribution in [3.8, 4) is 0 Å². The molecule has 2 unspecified atom stereocenters. The van der Waals surface area contributed by atoms with E-state index in [1.807, 2.05) is 0 Å². The molecule has 1 aliphatic carbocycles. The Morgan fingerprint density at radius 2 is 1.82 bits per heavy atom. The predicted molar refractivity (Wildman–Crippen MR) is 71.1 cm³/mol. The second kappa shape index (κ2) is 8.06. The van der Waals surface area contributed by atoms with Gasteiger partial charge in [-0.05, 0) is 25.7 Å². The summed E-state index contributed by atoms with van der Waals surface area (Å²) in [6.45, 7) is 7.62. The minimum atomic E-state index is -0.377. The fourth-order valence-corrected chi connectivity index (χ4v) is 2.10. The van der Waals surface area contributed by atoms with E-state index in [2.05, 4.69) is 26.1 Å². The smallest absolute Gasteiger partial charge is 0.0897 e. The van der Waals surface area contributed by atoms with Gasteiger partial charge in [0.1, 0.15) is 0 Å². The van der Waals surface area contributed by atoms with E-state index in [-0.39, 0.29) is 6.10 Å². The van der Waals surface area contributed by atoms with Gasteiger partial charge in [-0.2, -0.15) is 0 Å². The van der Waals surface area contributed by atoms with Crippen LogP contribution in [0.1, 0.15) is 52.9 Å². The van der Waals surface area contributed by atoms with Crippen LogP contribution in [-0.4, -0.2) is 36.5 Å². The monoisotopic (exact) mass is 243 g/mol. The highest BCUT2D eigenvalue weighted by Gasteiger charge is 2.16. The molecule has 1 rings (SSSR count). The van der Waals surface area contributed by atoms with E-state index < -0.39 is 0 Å². The number of ether oxygens (including phenoxy) is 1. The first-order valence-electron chi connectivity index (χ1n) is 7.12. The molecule has 2 N–H and O–H groups in total. The van der Waals surface area contributed by atoms with Crippen molar-refractivity contribution in [2.24, 2.45) is 5.92 Å². The maximum atomic E-state index is 9.82. The normalized spacial score (nSPS) is 21.7. The van der Waals surface area contributed by atoms with E-state index in [0.717, 1.165) is 0 Å². The second-order valence-electron chi connectivity index (χ2n) is 5.69. The topological polar surface area (TPSA) is 41.5 Å². The molecule has 0 bridgehead atoms. The number of hydrogen-bond donors (Lipinski definition) is 2. The van der Waals surface area contributed by atoms with Gasteiger partial charge in [-0.25, -0.2) is 0 Å². The quantitative estimate of drug-likeness (QED) is 0.721. The SMILES string of the molecule is CC(C)C(C)NCC(O)COC1CCCCC1. The fraction of sp³-hybridized carbons (Fsp3) is 1.00. The van der Waals surface area contributed by atoms with Crippen molar-refractivity contribution in [3.05, 3.63) is 0 Å². The van der Waals surface area contributed by atoms with Gasteiger partial charge in [-0.15, -0.1) is 0 Å². The average molecular weight is 243 g/mol. The molecule has 0 aromatic rings. The van der Waals surface area contributed by atoms with Crippen LogP contribution >= 0.6 is 0 Å². The zero-order valence-corrected chi connectivity index (χ0v) is 11.6. The van der Waals surface area contributed by atoms with Crippen LogP contribution in [0.5, 0.6) is 0 Å². The molecule has 0 aliphatic heterocycles. The number of aliphatic hydroxyl groups is 1. The van der Waals surface area contributed by atoms with Crippen molar-refractivity contribution in [1.29, 1.82) is 0 Å². The van der Waals surface area contributed by atoms with Crippen LogP contribution in [0.2, 0.25) is 0 Å². The Morgan fingerprint density at radius 1 is 1.18 bits per heavy atom. The Labute approximate surface area is 106 Å². The summed E-state index contributed by atoms with van der Waals surface area (Å²) in [6, 6.07) is 0.444.